The van der Waals surface area contributed by atoms with E-state index in [4.69, 9.17) is 5.84 Å². The second-order valence-corrected chi connectivity index (χ2v) is 5.59. The maximum absolute atomic E-state index is 11.4. The van der Waals surface area contributed by atoms with Crippen LogP contribution in [-0.2, 0) is 6.54 Å². The number of hydrogen-bond acceptors (Lipinski definition) is 5. The fourth-order valence-corrected chi connectivity index (χ4v) is 2.80. The van der Waals surface area contributed by atoms with Crippen LogP contribution in [0.4, 0.5) is 0 Å². The molecule has 0 unspecified atom stereocenters. The minimum atomic E-state index is -0.311. The number of hydrazine groups is 1. The first-order chi connectivity index (χ1) is 10.1. The van der Waals surface area contributed by atoms with E-state index >= 15 is 0 Å². The van der Waals surface area contributed by atoms with Crippen molar-refractivity contribution in [1.82, 2.24) is 20.2 Å². The summed E-state index contributed by atoms with van der Waals surface area (Å²) in [5, 5.41) is 0. The van der Waals surface area contributed by atoms with Crippen molar-refractivity contribution in [1.29, 1.82) is 0 Å². The van der Waals surface area contributed by atoms with Gasteiger partial charge in [0.15, 0.2) is 0 Å². The third-order valence-electron chi connectivity index (χ3n) is 4.26. The second kappa shape index (κ2) is 7.49. The minimum Gasteiger partial charge on any atom is -0.303 e. The monoisotopic (exact) mass is 291 g/mol. The highest BCUT2D eigenvalue weighted by Gasteiger charge is 2.21. The average molecular weight is 291 g/mol. The van der Waals surface area contributed by atoms with Crippen LogP contribution in [0.5, 0.6) is 0 Å². The van der Waals surface area contributed by atoms with Crippen LogP contribution >= 0.6 is 0 Å². The van der Waals surface area contributed by atoms with Gasteiger partial charge in [0.2, 0.25) is 0 Å². The molecule has 1 aromatic rings. The molecular formula is C15H25N5O. The van der Waals surface area contributed by atoms with Crippen LogP contribution in [0.2, 0.25) is 0 Å². The zero-order valence-corrected chi connectivity index (χ0v) is 12.9. The average Bonchev–Trinajstić information content (AvgIpc) is 2.55. The SMILES string of the molecule is CCN1CCC(N(C)Cc2ccc(C(=O)NN)cn2)CC1. The Labute approximate surface area is 126 Å². The molecule has 0 radical (unpaired) electrons. The Kier molecular flexibility index (Phi) is 5.67. The lowest BCUT2D eigenvalue weighted by atomic mass is 10.0. The van der Waals surface area contributed by atoms with E-state index in [1.54, 1.807) is 12.3 Å². The van der Waals surface area contributed by atoms with Crippen LogP contribution < -0.4 is 11.3 Å². The molecule has 21 heavy (non-hydrogen) atoms. The number of nitrogens with two attached hydrogens (primary N) is 1. The molecular weight excluding hydrogens is 266 g/mol. The summed E-state index contributed by atoms with van der Waals surface area (Å²) in [5.74, 6) is 4.79. The molecule has 3 N–H and O–H groups in total. The molecule has 0 atom stereocenters. The quantitative estimate of drug-likeness (QED) is 0.472. The molecule has 1 fully saturated rings. The van der Waals surface area contributed by atoms with Crippen LogP contribution in [0.3, 0.4) is 0 Å². The molecule has 2 heterocycles. The van der Waals surface area contributed by atoms with Gasteiger partial charge in [0.1, 0.15) is 0 Å². The van der Waals surface area contributed by atoms with Crippen molar-refractivity contribution < 1.29 is 4.79 Å². The molecule has 1 saturated heterocycles. The molecule has 1 amide bonds. The zero-order chi connectivity index (χ0) is 15.2. The molecule has 1 aliphatic rings. The predicted molar refractivity (Wildman–Crippen MR) is 82.5 cm³/mol. The molecule has 1 aliphatic heterocycles. The molecule has 6 heteroatoms. The van der Waals surface area contributed by atoms with Crippen molar-refractivity contribution in [2.75, 3.05) is 26.7 Å². The normalized spacial score (nSPS) is 17.1. The first-order valence-corrected chi connectivity index (χ1v) is 7.52. The van der Waals surface area contributed by atoms with Gasteiger partial charge in [-0.05, 0) is 51.7 Å². The standard InChI is InChI=1S/C15H25N5O/c1-3-20-8-6-14(7-9-20)19(2)11-13-5-4-12(10-17-13)15(21)18-16/h4-5,10,14H,3,6-9,11,16H2,1-2H3,(H,18,21). The van der Waals surface area contributed by atoms with Crippen LogP contribution in [0.1, 0.15) is 35.8 Å². The summed E-state index contributed by atoms with van der Waals surface area (Å²) in [5.41, 5.74) is 3.57. The summed E-state index contributed by atoms with van der Waals surface area (Å²) in [4.78, 5) is 20.6. The summed E-state index contributed by atoms with van der Waals surface area (Å²) >= 11 is 0. The smallest absolute Gasteiger partial charge is 0.266 e. The maximum atomic E-state index is 11.4. The number of amides is 1. The van der Waals surface area contributed by atoms with E-state index in [0.717, 1.165) is 18.8 Å². The van der Waals surface area contributed by atoms with Crippen LogP contribution in [0.25, 0.3) is 0 Å². The van der Waals surface area contributed by atoms with Gasteiger partial charge in [-0.3, -0.25) is 20.1 Å². The number of rotatable bonds is 5. The second-order valence-electron chi connectivity index (χ2n) is 5.59. The Hall–Kier alpha value is -1.50. The third kappa shape index (κ3) is 4.23. The predicted octanol–water partition coefficient (Wildman–Crippen LogP) is 0.601. The van der Waals surface area contributed by atoms with E-state index in [9.17, 15) is 4.79 Å². The number of aromatic nitrogens is 1. The van der Waals surface area contributed by atoms with Crippen molar-refractivity contribution in [3.8, 4) is 0 Å². The molecule has 0 aromatic carbocycles. The molecule has 0 saturated carbocycles. The van der Waals surface area contributed by atoms with Crippen molar-refractivity contribution >= 4 is 5.91 Å². The van der Waals surface area contributed by atoms with Gasteiger partial charge in [0, 0.05) is 18.8 Å². The fraction of sp³-hybridized carbons (Fsp3) is 0.600. The Morgan fingerprint density at radius 3 is 2.71 bits per heavy atom. The van der Waals surface area contributed by atoms with Gasteiger partial charge in [0.25, 0.3) is 5.91 Å². The lowest BCUT2D eigenvalue weighted by molar-refractivity contribution is 0.0953. The number of carbonyl (C=O) groups is 1. The van der Waals surface area contributed by atoms with Crippen LogP contribution in [-0.4, -0.2) is 53.4 Å². The summed E-state index contributed by atoms with van der Waals surface area (Å²) < 4.78 is 0. The Morgan fingerprint density at radius 1 is 1.48 bits per heavy atom. The molecule has 0 aliphatic carbocycles. The van der Waals surface area contributed by atoms with E-state index in [-0.39, 0.29) is 5.91 Å². The number of nitrogen functional groups attached to an aromatic ring is 1. The van der Waals surface area contributed by atoms with Crippen molar-refractivity contribution in [2.45, 2.75) is 32.4 Å². The lowest BCUT2D eigenvalue weighted by Crippen LogP contribution is -2.43. The van der Waals surface area contributed by atoms with Gasteiger partial charge in [-0.25, -0.2) is 5.84 Å². The van der Waals surface area contributed by atoms with Crippen LogP contribution in [0, 0.1) is 0 Å². The number of hydrogen-bond donors (Lipinski definition) is 2. The van der Waals surface area contributed by atoms with Crippen molar-refractivity contribution in [2.24, 2.45) is 5.84 Å². The van der Waals surface area contributed by atoms with Gasteiger partial charge in [-0.15, -0.1) is 0 Å². The number of nitrogens with zero attached hydrogens (tertiary/aromatic N) is 3. The molecule has 0 bridgehead atoms. The number of pyridine rings is 1. The van der Waals surface area contributed by atoms with E-state index in [2.05, 4.69) is 34.2 Å². The highest BCUT2D eigenvalue weighted by Crippen LogP contribution is 2.16. The first-order valence-electron chi connectivity index (χ1n) is 7.52. The first kappa shape index (κ1) is 15.9. The topological polar surface area (TPSA) is 74.5 Å². The van der Waals surface area contributed by atoms with E-state index in [1.165, 1.54) is 25.9 Å². The van der Waals surface area contributed by atoms with E-state index < -0.39 is 0 Å². The van der Waals surface area contributed by atoms with E-state index in [1.807, 2.05) is 6.07 Å². The Morgan fingerprint density at radius 2 is 2.19 bits per heavy atom. The molecule has 2 rings (SSSR count). The van der Waals surface area contributed by atoms with Gasteiger partial charge < -0.3 is 4.90 Å². The third-order valence-corrected chi connectivity index (χ3v) is 4.26. The van der Waals surface area contributed by atoms with Gasteiger partial charge >= 0.3 is 0 Å². The summed E-state index contributed by atoms with van der Waals surface area (Å²) in [6, 6.07) is 4.27. The number of nitrogens with one attached hydrogen (secondary N) is 1. The molecule has 0 spiro atoms. The lowest BCUT2D eigenvalue weighted by Gasteiger charge is -2.36. The molecule has 1 aromatic heterocycles. The highest BCUT2D eigenvalue weighted by molar-refractivity contribution is 5.93. The van der Waals surface area contributed by atoms with Gasteiger partial charge in [-0.2, -0.15) is 0 Å². The van der Waals surface area contributed by atoms with Crippen molar-refractivity contribution in [3.63, 3.8) is 0 Å². The van der Waals surface area contributed by atoms with E-state index in [0.29, 0.717) is 11.6 Å². The van der Waals surface area contributed by atoms with Crippen LogP contribution in [0.15, 0.2) is 18.3 Å². The zero-order valence-electron chi connectivity index (χ0n) is 12.9. The number of piperidine rings is 1. The van der Waals surface area contributed by atoms with Gasteiger partial charge in [0.05, 0.1) is 11.3 Å². The Balaban J connectivity index is 1.88. The summed E-state index contributed by atoms with van der Waals surface area (Å²) in [7, 11) is 2.15. The largest absolute Gasteiger partial charge is 0.303 e. The van der Waals surface area contributed by atoms with Crippen molar-refractivity contribution in [3.05, 3.63) is 29.6 Å². The number of carbonyl (C=O) groups excluding carboxylic acids is 1. The molecule has 116 valence electrons. The number of likely N-dealkylation sites (tertiary alicyclic amines) is 1. The van der Waals surface area contributed by atoms with Gasteiger partial charge in [-0.1, -0.05) is 6.92 Å². The highest BCUT2D eigenvalue weighted by atomic mass is 16.2. The molecule has 6 nitrogen and oxygen atoms in total. The minimum absolute atomic E-state index is 0.311. The summed E-state index contributed by atoms with van der Waals surface area (Å²) in [6.07, 6.45) is 3.99. The maximum Gasteiger partial charge on any atom is 0.266 e. The Bertz CT molecular complexity index is 454. The fourth-order valence-electron chi connectivity index (χ4n) is 2.80. The summed E-state index contributed by atoms with van der Waals surface area (Å²) in [6.45, 7) is 6.51.